The zero-order valence-corrected chi connectivity index (χ0v) is 26.9. The van der Waals surface area contributed by atoms with Crippen LogP contribution in [0.5, 0.6) is 0 Å². The van der Waals surface area contributed by atoms with Crippen molar-refractivity contribution in [1.82, 2.24) is 9.97 Å². The average Bonchev–Trinajstić information content (AvgIpc) is 3.32. The summed E-state index contributed by atoms with van der Waals surface area (Å²) >= 11 is 0. The number of pyridine rings is 2. The SMILES string of the molecule is C[Si](C)(C)c1ccc(-c2[c-]cccc2)nc1.[2H]C(C)(C)c1ccnc(-c2[c-]ccc3c2oc2cc(F)cc(F)c23)c1.[Ir]. The molecular weight excluding hydrogens is 711 g/mol. The van der Waals surface area contributed by atoms with Gasteiger partial charge in [0.25, 0.3) is 0 Å². The Balaban J connectivity index is 0.000000207. The van der Waals surface area contributed by atoms with Gasteiger partial charge in [0.05, 0.1) is 13.7 Å². The van der Waals surface area contributed by atoms with Crippen LogP contribution in [0.4, 0.5) is 8.78 Å². The Kier molecular flexibility index (Phi) is 8.88. The molecule has 0 saturated heterocycles. The Labute approximate surface area is 255 Å². The standard InChI is InChI=1S/C20H14F2NO.C14H16NSi.Ir/c1-11(2)12-6-7-23-17(8-12)14-4-3-5-15-19-16(22)9-13(21)10-18(19)24-20(14)15;1-16(2,3)13-9-10-14(15-11-13)12-7-5-4-6-8-12;/h3,5-11H,1-2H3;4-7,9-11H,1-3H3;/q2*-1;/i11D;;. The van der Waals surface area contributed by atoms with Crippen molar-refractivity contribution in [2.24, 2.45) is 0 Å². The van der Waals surface area contributed by atoms with Crippen LogP contribution in [0.3, 0.4) is 0 Å². The normalized spacial score (nSPS) is 11.9. The van der Waals surface area contributed by atoms with Crippen LogP contribution in [0.25, 0.3) is 44.5 Å². The van der Waals surface area contributed by atoms with Crippen molar-refractivity contribution in [3.63, 3.8) is 0 Å². The smallest absolute Gasteiger partial charge is 0.136 e. The molecule has 0 amide bonds. The molecule has 0 N–H and O–H groups in total. The van der Waals surface area contributed by atoms with E-state index in [9.17, 15) is 8.78 Å². The van der Waals surface area contributed by atoms with Gasteiger partial charge in [-0.3, -0.25) is 0 Å². The number of hydrogen-bond acceptors (Lipinski definition) is 3. The minimum atomic E-state index is -1.23. The Morgan fingerprint density at radius 2 is 1.71 bits per heavy atom. The van der Waals surface area contributed by atoms with E-state index >= 15 is 0 Å². The number of furan rings is 1. The van der Waals surface area contributed by atoms with Crippen molar-refractivity contribution in [2.75, 3.05) is 0 Å². The number of nitrogens with zero attached hydrogens (tertiary/aromatic N) is 2. The molecule has 3 aromatic carbocycles. The molecule has 6 aromatic rings. The molecule has 3 nitrogen and oxygen atoms in total. The fourth-order valence-electron chi connectivity index (χ4n) is 4.41. The maximum Gasteiger partial charge on any atom is 0.136 e. The molecule has 211 valence electrons. The van der Waals surface area contributed by atoms with Crippen LogP contribution in [0.15, 0.2) is 89.6 Å². The third-order valence-electron chi connectivity index (χ3n) is 6.66. The zero-order chi connectivity index (χ0) is 29.4. The van der Waals surface area contributed by atoms with E-state index in [2.05, 4.69) is 53.9 Å². The molecule has 0 aliphatic heterocycles. The molecule has 3 aromatic heterocycles. The van der Waals surface area contributed by atoms with Gasteiger partial charge in [0.15, 0.2) is 0 Å². The summed E-state index contributed by atoms with van der Waals surface area (Å²) in [6.45, 7) is 10.6. The predicted octanol–water partition coefficient (Wildman–Crippen LogP) is 8.94. The van der Waals surface area contributed by atoms with Crippen LogP contribution in [0, 0.1) is 23.8 Å². The first-order valence-corrected chi connectivity index (χ1v) is 16.5. The van der Waals surface area contributed by atoms with Gasteiger partial charge >= 0.3 is 0 Å². The van der Waals surface area contributed by atoms with E-state index in [4.69, 9.17) is 5.79 Å². The molecule has 0 spiro atoms. The van der Waals surface area contributed by atoms with Gasteiger partial charge in [-0.1, -0.05) is 68.2 Å². The van der Waals surface area contributed by atoms with E-state index in [1.54, 1.807) is 44.3 Å². The van der Waals surface area contributed by atoms with Gasteiger partial charge in [-0.15, -0.1) is 54.1 Å². The van der Waals surface area contributed by atoms with Crippen LogP contribution in [-0.2, 0) is 20.1 Å². The van der Waals surface area contributed by atoms with Gasteiger partial charge in [0.1, 0.15) is 17.2 Å². The van der Waals surface area contributed by atoms with Crippen LogP contribution in [-0.4, -0.2) is 18.0 Å². The fraction of sp³-hybridized carbons (Fsp3) is 0.176. The van der Waals surface area contributed by atoms with E-state index in [0.29, 0.717) is 22.2 Å². The van der Waals surface area contributed by atoms with Gasteiger partial charge < -0.3 is 14.4 Å². The first-order chi connectivity index (χ1) is 19.4. The second-order valence-corrected chi connectivity index (χ2v) is 15.9. The van der Waals surface area contributed by atoms with Gasteiger partial charge in [0, 0.05) is 51.4 Å². The molecule has 0 unspecified atom stereocenters. The summed E-state index contributed by atoms with van der Waals surface area (Å²) in [5, 5.41) is 2.18. The molecule has 0 aliphatic rings. The minimum Gasteiger partial charge on any atom is -0.500 e. The summed E-state index contributed by atoms with van der Waals surface area (Å²) in [6.07, 6.45) is 3.64. The molecule has 0 fully saturated rings. The molecule has 0 atom stereocenters. The number of fused-ring (bicyclic) bond motifs is 3. The van der Waals surface area contributed by atoms with Gasteiger partial charge in [-0.2, -0.15) is 0 Å². The van der Waals surface area contributed by atoms with Crippen molar-refractivity contribution in [3.8, 4) is 22.5 Å². The van der Waals surface area contributed by atoms with Crippen molar-refractivity contribution in [3.05, 3.63) is 115 Å². The topological polar surface area (TPSA) is 38.9 Å². The molecule has 1 radical (unpaired) electrons. The number of benzene rings is 3. The van der Waals surface area contributed by atoms with Crippen molar-refractivity contribution in [2.45, 2.75) is 39.4 Å². The number of rotatable bonds is 4. The quantitative estimate of drug-likeness (QED) is 0.134. The summed E-state index contributed by atoms with van der Waals surface area (Å²) in [5.74, 6) is -2.14. The van der Waals surface area contributed by atoms with E-state index in [1.165, 1.54) is 11.3 Å². The third-order valence-corrected chi connectivity index (χ3v) is 8.69. The number of aromatic nitrogens is 2. The maximum atomic E-state index is 14.2. The van der Waals surface area contributed by atoms with E-state index in [1.807, 2.05) is 30.5 Å². The Morgan fingerprint density at radius 3 is 2.37 bits per heavy atom. The summed E-state index contributed by atoms with van der Waals surface area (Å²) in [4.78, 5) is 8.86. The predicted molar refractivity (Wildman–Crippen MR) is 161 cm³/mol. The Bertz CT molecular complexity index is 1830. The summed E-state index contributed by atoms with van der Waals surface area (Å²) in [7, 11) is -1.23. The van der Waals surface area contributed by atoms with Crippen LogP contribution < -0.4 is 5.19 Å². The van der Waals surface area contributed by atoms with E-state index in [-0.39, 0.29) is 31.1 Å². The second-order valence-electron chi connectivity index (χ2n) is 10.8. The minimum absolute atomic E-state index is 0. The molecule has 41 heavy (non-hydrogen) atoms. The molecule has 7 heteroatoms. The van der Waals surface area contributed by atoms with Crippen LogP contribution in [0.2, 0.25) is 19.6 Å². The second kappa shape index (κ2) is 12.6. The average molecular weight is 742 g/mol. The fourth-order valence-corrected chi connectivity index (χ4v) is 5.44. The largest absolute Gasteiger partial charge is 0.500 e. The number of halogens is 2. The van der Waals surface area contributed by atoms with Crippen LogP contribution >= 0.6 is 0 Å². The summed E-state index contributed by atoms with van der Waals surface area (Å²) in [5.41, 5.74) is 4.52. The van der Waals surface area contributed by atoms with Crippen molar-refractivity contribution < 1.29 is 34.7 Å². The van der Waals surface area contributed by atoms with E-state index in [0.717, 1.165) is 22.9 Å². The zero-order valence-electron chi connectivity index (χ0n) is 24.5. The monoisotopic (exact) mass is 742 g/mol. The van der Waals surface area contributed by atoms with Crippen molar-refractivity contribution in [1.29, 1.82) is 0 Å². The molecule has 6 rings (SSSR count). The maximum absolute atomic E-state index is 14.2. The molecular formula is C34H30F2IrN2OSi-2. The van der Waals surface area contributed by atoms with E-state index < -0.39 is 25.6 Å². The molecule has 0 saturated carbocycles. The van der Waals surface area contributed by atoms with Crippen LogP contribution in [0.1, 0.15) is 26.7 Å². The first-order valence-electron chi connectivity index (χ1n) is 13.5. The molecule has 0 aliphatic carbocycles. The molecule has 0 bridgehead atoms. The van der Waals surface area contributed by atoms with Gasteiger partial charge in [-0.05, 0) is 28.5 Å². The first kappa shape index (κ1) is 29.0. The van der Waals surface area contributed by atoms with Crippen molar-refractivity contribution >= 4 is 35.2 Å². The number of hydrogen-bond donors (Lipinski definition) is 0. The third kappa shape index (κ3) is 6.70. The van der Waals surface area contributed by atoms with Gasteiger partial charge in [-0.25, -0.2) is 8.78 Å². The Hall–Kier alpha value is -3.51. The Morgan fingerprint density at radius 1 is 0.902 bits per heavy atom. The summed E-state index contributed by atoms with van der Waals surface area (Å²) < 4.78 is 41.6. The van der Waals surface area contributed by atoms with Gasteiger partial charge in [0.2, 0.25) is 0 Å². The molecule has 3 heterocycles. The summed E-state index contributed by atoms with van der Waals surface area (Å²) in [6, 6.07) is 27.4.